The van der Waals surface area contributed by atoms with Gasteiger partial charge in [0, 0.05) is 16.0 Å². The van der Waals surface area contributed by atoms with Crippen molar-refractivity contribution in [2.24, 2.45) is 5.92 Å². The first kappa shape index (κ1) is 11.3. The minimum Gasteiger partial charge on any atom is -0.125 e. The van der Waals surface area contributed by atoms with Crippen LogP contribution in [0.5, 0.6) is 0 Å². The molecule has 0 bridgehead atoms. The summed E-state index contributed by atoms with van der Waals surface area (Å²) >= 11 is 8.11. The highest BCUT2D eigenvalue weighted by molar-refractivity contribution is 7.99. The molecule has 0 fully saturated rings. The Morgan fingerprint density at radius 1 is 1.40 bits per heavy atom. The quantitative estimate of drug-likeness (QED) is 0.700. The van der Waals surface area contributed by atoms with Gasteiger partial charge in [0.25, 0.3) is 0 Å². The van der Waals surface area contributed by atoms with Crippen LogP contribution < -0.4 is 0 Å². The van der Waals surface area contributed by atoms with E-state index in [1.807, 2.05) is 11.8 Å². The second kappa shape index (κ2) is 4.80. The van der Waals surface area contributed by atoms with Crippen molar-refractivity contribution in [1.82, 2.24) is 0 Å². The van der Waals surface area contributed by atoms with Gasteiger partial charge in [0.2, 0.25) is 0 Å². The van der Waals surface area contributed by atoms with Crippen LogP contribution in [-0.2, 0) is 0 Å². The van der Waals surface area contributed by atoms with E-state index < -0.39 is 0 Å². The van der Waals surface area contributed by atoms with Crippen LogP contribution in [0.4, 0.5) is 0 Å². The number of hydrogen-bond acceptors (Lipinski definition) is 1. The summed E-state index contributed by atoms with van der Waals surface area (Å²) in [6.07, 6.45) is 1.22. The molecule has 0 N–H and O–H groups in total. The molecule has 2 rings (SSSR count). The van der Waals surface area contributed by atoms with Crippen molar-refractivity contribution in [2.75, 3.05) is 5.75 Å². The molecule has 1 aliphatic rings. The first-order valence-corrected chi connectivity index (χ1v) is 6.96. The topological polar surface area (TPSA) is 0 Å². The molecule has 15 heavy (non-hydrogen) atoms. The molecule has 0 aliphatic carbocycles. The van der Waals surface area contributed by atoms with Crippen LogP contribution in [0.15, 0.2) is 29.2 Å². The van der Waals surface area contributed by atoms with Gasteiger partial charge in [-0.25, -0.2) is 0 Å². The van der Waals surface area contributed by atoms with Gasteiger partial charge in [0.1, 0.15) is 0 Å². The summed E-state index contributed by atoms with van der Waals surface area (Å²) in [5.74, 6) is 2.54. The monoisotopic (exact) mass is 240 g/mol. The highest BCUT2D eigenvalue weighted by Crippen LogP contribution is 2.42. The Kier molecular flexibility index (Phi) is 3.63. The van der Waals surface area contributed by atoms with E-state index in [1.54, 1.807) is 0 Å². The maximum atomic E-state index is 6.13. The van der Waals surface area contributed by atoms with E-state index in [2.05, 4.69) is 38.1 Å². The Morgan fingerprint density at radius 3 is 2.87 bits per heavy atom. The molecule has 0 aromatic heterocycles. The molecule has 2 heteroatoms. The summed E-state index contributed by atoms with van der Waals surface area (Å²) in [7, 11) is 0. The van der Waals surface area contributed by atoms with Crippen molar-refractivity contribution in [3.05, 3.63) is 29.8 Å². The van der Waals surface area contributed by atoms with Gasteiger partial charge >= 0.3 is 0 Å². The highest BCUT2D eigenvalue weighted by Gasteiger charge is 2.25. The van der Waals surface area contributed by atoms with Crippen LogP contribution in [0.25, 0.3) is 0 Å². The smallest absolute Gasteiger partial charge is 0.0333 e. The molecule has 0 spiro atoms. The first-order chi connectivity index (χ1) is 7.18. The zero-order chi connectivity index (χ0) is 10.8. The standard InChI is InChI=1S/C13H17ClS/c1-9(10(2)14)7-11-8-15-13-6-4-3-5-12(11)13/h3-6,9-11H,7-8H2,1-2H3. The number of hydrogen-bond donors (Lipinski definition) is 0. The molecule has 0 amide bonds. The third-order valence-corrected chi connectivity index (χ3v) is 4.92. The molecule has 1 aromatic carbocycles. The highest BCUT2D eigenvalue weighted by atomic mass is 35.5. The number of alkyl halides is 1. The van der Waals surface area contributed by atoms with E-state index in [4.69, 9.17) is 11.6 Å². The van der Waals surface area contributed by atoms with Crippen molar-refractivity contribution in [2.45, 2.75) is 36.5 Å². The molecule has 3 atom stereocenters. The normalized spacial score (nSPS) is 23.5. The van der Waals surface area contributed by atoms with Gasteiger partial charge in [-0.05, 0) is 36.8 Å². The summed E-state index contributed by atoms with van der Waals surface area (Å²) in [5.41, 5.74) is 1.53. The van der Waals surface area contributed by atoms with Crippen molar-refractivity contribution in [3.63, 3.8) is 0 Å². The van der Waals surface area contributed by atoms with Crippen LogP contribution in [0.3, 0.4) is 0 Å². The lowest BCUT2D eigenvalue weighted by Crippen LogP contribution is -2.12. The molecule has 0 radical (unpaired) electrons. The van der Waals surface area contributed by atoms with E-state index in [1.165, 1.54) is 22.6 Å². The van der Waals surface area contributed by atoms with E-state index >= 15 is 0 Å². The van der Waals surface area contributed by atoms with Crippen LogP contribution in [0, 0.1) is 5.92 Å². The molecule has 1 heterocycles. The predicted molar refractivity (Wildman–Crippen MR) is 69.0 cm³/mol. The van der Waals surface area contributed by atoms with Crippen molar-refractivity contribution in [1.29, 1.82) is 0 Å². The lowest BCUT2D eigenvalue weighted by Gasteiger charge is -2.18. The van der Waals surface area contributed by atoms with Gasteiger partial charge in [-0.3, -0.25) is 0 Å². The van der Waals surface area contributed by atoms with Gasteiger partial charge in [-0.2, -0.15) is 0 Å². The Bertz CT molecular complexity index is 335. The van der Waals surface area contributed by atoms with Gasteiger partial charge in [0.05, 0.1) is 0 Å². The molecular weight excluding hydrogens is 224 g/mol. The number of benzene rings is 1. The van der Waals surface area contributed by atoms with Gasteiger partial charge < -0.3 is 0 Å². The van der Waals surface area contributed by atoms with E-state index in [9.17, 15) is 0 Å². The summed E-state index contributed by atoms with van der Waals surface area (Å²) < 4.78 is 0. The maximum absolute atomic E-state index is 6.13. The van der Waals surface area contributed by atoms with Gasteiger partial charge in [-0.1, -0.05) is 25.1 Å². The average molecular weight is 241 g/mol. The molecule has 0 nitrogen and oxygen atoms in total. The molecule has 82 valence electrons. The number of rotatable bonds is 3. The van der Waals surface area contributed by atoms with Crippen molar-refractivity contribution < 1.29 is 0 Å². The lowest BCUT2D eigenvalue weighted by molar-refractivity contribution is 0.481. The fourth-order valence-electron chi connectivity index (χ4n) is 2.06. The number of fused-ring (bicyclic) bond motifs is 1. The zero-order valence-corrected chi connectivity index (χ0v) is 10.8. The second-order valence-corrected chi connectivity index (χ2v) is 6.19. The van der Waals surface area contributed by atoms with Crippen LogP contribution in [0.1, 0.15) is 31.7 Å². The average Bonchev–Trinajstić information content (AvgIpc) is 2.62. The summed E-state index contributed by atoms with van der Waals surface area (Å²) in [4.78, 5) is 1.47. The second-order valence-electron chi connectivity index (χ2n) is 4.44. The minimum absolute atomic E-state index is 0.280. The van der Waals surface area contributed by atoms with Crippen molar-refractivity contribution in [3.8, 4) is 0 Å². The van der Waals surface area contributed by atoms with Gasteiger partial charge in [0.15, 0.2) is 0 Å². The molecule has 0 saturated carbocycles. The predicted octanol–water partition coefficient (Wildman–Crippen LogP) is 4.53. The van der Waals surface area contributed by atoms with Crippen LogP contribution in [-0.4, -0.2) is 11.1 Å². The van der Waals surface area contributed by atoms with Crippen LogP contribution >= 0.6 is 23.4 Å². The van der Waals surface area contributed by atoms with E-state index in [0.717, 1.165) is 0 Å². The minimum atomic E-state index is 0.280. The molecule has 3 unspecified atom stereocenters. The Balaban J connectivity index is 2.08. The lowest BCUT2D eigenvalue weighted by atomic mass is 9.90. The zero-order valence-electron chi connectivity index (χ0n) is 9.24. The first-order valence-electron chi connectivity index (χ1n) is 5.54. The Hall–Kier alpha value is -0.140. The maximum Gasteiger partial charge on any atom is 0.0333 e. The fraction of sp³-hybridized carbons (Fsp3) is 0.538. The third kappa shape index (κ3) is 2.51. The van der Waals surface area contributed by atoms with Crippen LogP contribution in [0.2, 0.25) is 0 Å². The number of halogens is 1. The number of thioether (sulfide) groups is 1. The van der Waals surface area contributed by atoms with Crippen molar-refractivity contribution >= 4 is 23.4 Å². The van der Waals surface area contributed by atoms with E-state index in [0.29, 0.717) is 11.8 Å². The molecule has 0 saturated heterocycles. The Morgan fingerprint density at radius 2 is 2.13 bits per heavy atom. The molecule has 1 aromatic rings. The van der Waals surface area contributed by atoms with Gasteiger partial charge in [-0.15, -0.1) is 23.4 Å². The molecular formula is C13H17ClS. The van der Waals surface area contributed by atoms with E-state index in [-0.39, 0.29) is 5.38 Å². The summed E-state index contributed by atoms with van der Waals surface area (Å²) in [6.45, 7) is 4.35. The summed E-state index contributed by atoms with van der Waals surface area (Å²) in [5, 5.41) is 0.280. The molecule has 1 aliphatic heterocycles. The third-order valence-electron chi connectivity index (χ3n) is 3.24. The Labute approximate surface area is 101 Å². The summed E-state index contributed by atoms with van der Waals surface area (Å²) in [6, 6.07) is 8.77. The SMILES string of the molecule is CC(Cl)C(C)CC1CSc2ccccc21. The largest absolute Gasteiger partial charge is 0.125 e. The fourth-order valence-corrected chi connectivity index (χ4v) is 3.44.